The minimum Gasteiger partial charge on any atom is -0.457 e. The number of para-hydroxylation sites is 1. The summed E-state index contributed by atoms with van der Waals surface area (Å²) in [5, 5.41) is 0. The normalized spacial score (nSPS) is 17.1. The fraction of sp³-hybridized carbons (Fsp3) is 0.226. The van der Waals surface area contributed by atoms with E-state index in [1.165, 1.54) is 40.7 Å². The summed E-state index contributed by atoms with van der Waals surface area (Å²) >= 11 is 0. The Labute approximate surface area is 228 Å². The fourth-order valence-electron chi connectivity index (χ4n) is 4.93. The van der Waals surface area contributed by atoms with Gasteiger partial charge < -0.3 is 9.64 Å². The lowest BCUT2D eigenvalue weighted by atomic mass is 10.0. The van der Waals surface area contributed by atoms with Gasteiger partial charge in [0.1, 0.15) is 28.0 Å². The minimum atomic E-state index is -3.91. The Kier molecular flexibility index (Phi) is 7.42. The third-order valence-electron chi connectivity index (χ3n) is 6.92. The summed E-state index contributed by atoms with van der Waals surface area (Å²) in [6.45, 7) is 4.59. The fourth-order valence-corrected chi connectivity index (χ4v) is 6.49. The van der Waals surface area contributed by atoms with Crippen LogP contribution in [0.1, 0.15) is 20.3 Å². The molecule has 1 aliphatic heterocycles. The molecule has 202 valence electrons. The zero-order chi connectivity index (χ0) is 27.7. The smallest absolute Gasteiger partial charge is 0.245 e. The Morgan fingerprint density at radius 3 is 2.13 bits per heavy atom. The number of hydrogen-bond donors (Lipinski definition) is 0. The summed E-state index contributed by atoms with van der Waals surface area (Å²) in [5.74, 6) is 0.223. The van der Waals surface area contributed by atoms with Gasteiger partial charge in [0.05, 0.1) is 5.69 Å². The Morgan fingerprint density at radius 1 is 0.897 bits per heavy atom. The van der Waals surface area contributed by atoms with Crippen molar-refractivity contribution in [2.24, 2.45) is 5.92 Å². The van der Waals surface area contributed by atoms with E-state index in [9.17, 15) is 17.2 Å². The Balaban J connectivity index is 1.76. The first-order chi connectivity index (χ1) is 18.6. The largest absolute Gasteiger partial charge is 0.457 e. The molecule has 0 unspecified atom stereocenters. The van der Waals surface area contributed by atoms with E-state index in [1.807, 2.05) is 35.2 Å². The van der Waals surface area contributed by atoms with Crippen molar-refractivity contribution in [1.82, 2.24) is 4.31 Å². The van der Waals surface area contributed by atoms with Crippen LogP contribution in [0.4, 0.5) is 20.2 Å². The predicted molar refractivity (Wildman–Crippen MR) is 150 cm³/mol. The number of benzene rings is 4. The number of hydrogen-bond acceptors (Lipinski definition) is 4. The maximum Gasteiger partial charge on any atom is 0.245 e. The molecule has 0 radical (unpaired) electrons. The van der Waals surface area contributed by atoms with Crippen LogP contribution in [0.15, 0.2) is 95.9 Å². The molecular formula is C31H30F2N2O3S. The number of likely N-dealkylation sites (N-methyl/N-ethyl adjacent to an activating group) is 1. The van der Waals surface area contributed by atoms with E-state index in [1.54, 1.807) is 31.3 Å². The van der Waals surface area contributed by atoms with Gasteiger partial charge in [-0.2, -0.15) is 4.31 Å². The number of sulfonamides is 1. The van der Waals surface area contributed by atoms with Crippen molar-refractivity contribution in [3.8, 4) is 22.6 Å². The van der Waals surface area contributed by atoms with Gasteiger partial charge in [-0.25, -0.2) is 17.2 Å². The van der Waals surface area contributed by atoms with Gasteiger partial charge in [-0.3, -0.25) is 0 Å². The zero-order valence-electron chi connectivity index (χ0n) is 22.0. The SMILES string of the molecule is CC(C)C[C@@H]1CN(c2ccccc2)c2cc(Oc3ccc(F)cc3)c(-c3ccc(F)cc3)cc2S(=O)(=O)N1C. The number of nitrogens with zero attached hydrogens (tertiary/aromatic N) is 2. The van der Waals surface area contributed by atoms with E-state index in [2.05, 4.69) is 13.8 Å². The molecule has 1 atom stereocenters. The number of anilines is 2. The Bertz CT molecular complexity index is 1560. The first kappa shape index (κ1) is 26.8. The summed E-state index contributed by atoms with van der Waals surface area (Å²) < 4.78 is 63.3. The summed E-state index contributed by atoms with van der Waals surface area (Å²) in [6, 6.07) is 24.1. The van der Waals surface area contributed by atoms with Crippen molar-refractivity contribution in [2.75, 3.05) is 18.5 Å². The number of rotatable bonds is 6. The molecule has 4 aromatic rings. The molecule has 0 saturated heterocycles. The first-order valence-electron chi connectivity index (χ1n) is 12.8. The van der Waals surface area contributed by atoms with Crippen molar-refractivity contribution >= 4 is 21.4 Å². The van der Waals surface area contributed by atoms with Crippen LogP contribution in [0.2, 0.25) is 0 Å². The van der Waals surface area contributed by atoms with Crippen LogP contribution in [0, 0.1) is 17.6 Å². The molecule has 0 aromatic heterocycles. The highest BCUT2D eigenvalue weighted by Gasteiger charge is 2.38. The van der Waals surface area contributed by atoms with E-state index < -0.39 is 21.7 Å². The molecule has 5 nitrogen and oxygen atoms in total. The molecule has 0 fully saturated rings. The quantitative estimate of drug-likeness (QED) is 0.249. The van der Waals surface area contributed by atoms with Gasteiger partial charge >= 0.3 is 0 Å². The molecule has 1 heterocycles. The van der Waals surface area contributed by atoms with Crippen molar-refractivity contribution < 1.29 is 21.9 Å². The maximum atomic E-state index is 14.1. The highest BCUT2D eigenvalue weighted by atomic mass is 32.2. The number of halogens is 2. The molecule has 0 aliphatic carbocycles. The second-order valence-corrected chi connectivity index (χ2v) is 12.1. The number of fused-ring (bicyclic) bond motifs is 1. The van der Waals surface area contributed by atoms with Gasteiger partial charge in [0.15, 0.2) is 0 Å². The van der Waals surface area contributed by atoms with Crippen LogP contribution in [-0.4, -0.2) is 32.4 Å². The van der Waals surface area contributed by atoms with Crippen LogP contribution in [0.3, 0.4) is 0 Å². The summed E-state index contributed by atoms with van der Waals surface area (Å²) in [6.07, 6.45) is 0.677. The molecule has 0 spiro atoms. The van der Waals surface area contributed by atoms with Crippen molar-refractivity contribution in [1.29, 1.82) is 0 Å². The topological polar surface area (TPSA) is 49.9 Å². The molecule has 1 aliphatic rings. The molecule has 5 rings (SSSR count). The van der Waals surface area contributed by atoms with E-state index in [4.69, 9.17) is 4.74 Å². The van der Waals surface area contributed by atoms with Gasteiger partial charge in [-0.15, -0.1) is 0 Å². The lowest BCUT2D eigenvalue weighted by molar-refractivity contribution is 0.326. The van der Waals surface area contributed by atoms with Crippen LogP contribution < -0.4 is 9.64 Å². The average Bonchev–Trinajstić information content (AvgIpc) is 2.99. The minimum absolute atomic E-state index is 0.130. The third-order valence-corrected chi connectivity index (χ3v) is 8.86. The summed E-state index contributed by atoms with van der Waals surface area (Å²) in [5.41, 5.74) is 2.39. The maximum absolute atomic E-state index is 14.1. The lowest BCUT2D eigenvalue weighted by Crippen LogP contribution is -2.41. The van der Waals surface area contributed by atoms with E-state index >= 15 is 0 Å². The molecule has 8 heteroatoms. The first-order valence-corrected chi connectivity index (χ1v) is 14.3. The highest BCUT2D eigenvalue weighted by molar-refractivity contribution is 7.89. The van der Waals surface area contributed by atoms with Gasteiger partial charge in [-0.1, -0.05) is 44.2 Å². The van der Waals surface area contributed by atoms with Crippen LogP contribution >= 0.6 is 0 Å². The highest BCUT2D eigenvalue weighted by Crippen LogP contribution is 2.45. The van der Waals surface area contributed by atoms with Crippen molar-refractivity contribution in [2.45, 2.75) is 31.2 Å². The summed E-state index contributed by atoms with van der Waals surface area (Å²) in [7, 11) is -2.29. The van der Waals surface area contributed by atoms with E-state index in [0.717, 1.165) is 5.69 Å². The summed E-state index contributed by atoms with van der Waals surface area (Å²) in [4.78, 5) is 2.14. The monoisotopic (exact) mass is 548 g/mol. The van der Waals surface area contributed by atoms with Gasteiger partial charge in [-0.05, 0) is 72.5 Å². The van der Waals surface area contributed by atoms with Gasteiger partial charge in [0.2, 0.25) is 10.0 Å². The second-order valence-electron chi connectivity index (χ2n) is 10.1. The van der Waals surface area contributed by atoms with Crippen molar-refractivity contribution in [3.05, 3.63) is 103 Å². The zero-order valence-corrected chi connectivity index (χ0v) is 22.8. The standard InChI is InChI=1S/C31H30F2N2O3S/c1-21(2)17-26-20-35(25-7-5-4-6-8-25)29-19-30(38-27-15-13-24(33)14-16-27)28(22-9-11-23(32)12-10-22)18-31(29)39(36,37)34(26)3/h4-16,18-19,21,26H,17,20H2,1-3H3/t26-/m1/s1. The van der Waals surface area contributed by atoms with Gasteiger partial charge in [0.25, 0.3) is 0 Å². The van der Waals surface area contributed by atoms with Crippen molar-refractivity contribution in [3.63, 3.8) is 0 Å². The third kappa shape index (κ3) is 5.53. The second kappa shape index (κ2) is 10.8. The molecule has 0 bridgehead atoms. The van der Waals surface area contributed by atoms with Crippen LogP contribution in [-0.2, 0) is 10.0 Å². The Morgan fingerprint density at radius 2 is 1.51 bits per heavy atom. The van der Waals surface area contributed by atoms with E-state index in [-0.39, 0.29) is 16.9 Å². The molecule has 4 aromatic carbocycles. The Hall–Kier alpha value is -3.75. The molecule has 0 amide bonds. The van der Waals surface area contributed by atoms with Crippen LogP contribution in [0.5, 0.6) is 11.5 Å². The molecule has 0 saturated carbocycles. The van der Waals surface area contributed by atoms with E-state index in [0.29, 0.717) is 41.3 Å². The number of ether oxygens (including phenoxy) is 1. The molecular weight excluding hydrogens is 518 g/mol. The molecule has 0 N–H and O–H groups in total. The van der Waals surface area contributed by atoms with Crippen LogP contribution in [0.25, 0.3) is 11.1 Å². The molecule has 39 heavy (non-hydrogen) atoms. The average molecular weight is 549 g/mol. The predicted octanol–water partition coefficient (Wildman–Crippen LogP) is 7.61. The van der Waals surface area contributed by atoms with Gasteiger partial charge in [0, 0.05) is 37.0 Å². The lowest BCUT2D eigenvalue weighted by Gasteiger charge is -2.30.